The van der Waals surface area contributed by atoms with Gasteiger partial charge in [0.05, 0.1) is 19.6 Å². The largest absolute Gasteiger partial charge is 0.497 e. The van der Waals surface area contributed by atoms with Gasteiger partial charge in [-0.3, -0.25) is 9.59 Å². The average Bonchev–Trinajstić information content (AvgIpc) is 3.40. The summed E-state index contributed by atoms with van der Waals surface area (Å²) in [7, 11) is 1.60. The third-order valence-electron chi connectivity index (χ3n) is 4.99. The van der Waals surface area contributed by atoms with Gasteiger partial charge in [-0.2, -0.15) is 0 Å². The van der Waals surface area contributed by atoms with Crippen LogP contribution in [0.25, 0.3) is 11.3 Å². The summed E-state index contributed by atoms with van der Waals surface area (Å²) >= 11 is 5.90. The number of nitrogens with one attached hydrogen (secondary N) is 1. The van der Waals surface area contributed by atoms with E-state index in [1.807, 2.05) is 24.3 Å². The van der Waals surface area contributed by atoms with E-state index in [1.54, 1.807) is 42.3 Å². The zero-order valence-electron chi connectivity index (χ0n) is 16.3. The quantitative estimate of drug-likeness (QED) is 0.651. The zero-order valence-corrected chi connectivity index (χ0v) is 17.1. The Morgan fingerprint density at radius 1 is 1.27 bits per heavy atom. The Hall–Kier alpha value is -3.32. The Labute approximate surface area is 178 Å². The van der Waals surface area contributed by atoms with E-state index in [9.17, 15) is 9.59 Å². The van der Waals surface area contributed by atoms with Crippen molar-refractivity contribution >= 4 is 29.1 Å². The van der Waals surface area contributed by atoms with Crippen molar-refractivity contribution in [2.75, 3.05) is 18.6 Å². The summed E-state index contributed by atoms with van der Waals surface area (Å²) < 4.78 is 10.6. The molecular weight excluding hydrogens is 406 g/mol. The number of benzene rings is 2. The van der Waals surface area contributed by atoms with E-state index in [2.05, 4.69) is 10.5 Å². The van der Waals surface area contributed by atoms with Gasteiger partial charge in [0.2, 0.25) is 11.8 Å². The highest BCUT2D eigenvalue weighted by Gasteiger charge is 2.35. The lowest BCUT2D eigenvalue weighted by Crippen LogP contribution is -2.32. The second kappa shape index (κ2) is 8.59. The van der Waals surface area contributed by atoms with Gasteiger partial charge in [0.1, 0.15) is 11.4 Å². The van der Waals surface area contributed by atoms with Gasteiger partial charge in [0, 0.05) is 35.3 Å². The number of hydrogen-bond donors (Lipinski definition) is 1. The van der Waals surface area contributed by atoms with Crippen molar-refractivity contribution in [3.05, 3.63) is 65.3 Å². The van der Waals surface area contributed by atoms with Crippen LogP contribution in [0.4, 0.5) is 5.69 Å². The number of amides is 2. The van der Waals surface area contributed by atoms with E-state index >= 15 is 0 Å². The molecule has 8 heteroatoms. The van der Waals surface area contributed by atoms with Crippen LogP contribution in [-0.4, -0.2) is 30.6 Å². The summed E-state index contributed by atoms with van der Waals surface area (Å²) in [6.45, 7) is 0.554. The number of ether oxygens (including phenoxy) is 1. The molecule has 7 nitrogen and oxygen atoms in total. The van der Waals surface area contributed by atoms with Gasteiger partial charge in [-0.1, -0.05) is 28.9 Å². The van der Waals surface area contributed by atoms with Gasteiger partial charge >= 0.3 is 0 Å². The van der Waals surface area contributed by atoms with Crippen LogP contribution in [0.1, 0.15) is 12.1 Å². The van der Waals surface area contributed by atoms with Crippen molar-refractivity contribution in [2.45, 2.75) is 13.0 Å². The van der Waals surface area contributed by atoms with Crippen molar-refractivity contribution in [3.8, 4) is 17.1 Å². The normalized spacial score (nSPS) is 16.0. The van der Waals surface area contributed by atoms with Crippen LogP contribution < -0.4 is 15.0 Å². The minimum absolute atomic E-state index is 0.0841. The summed E-state index contributed by atoms with van der Waals surface area (Å²) in [5, 5.41) is 7.45. The van der Waals surface area contributed by atoms with Crippen molar-refractivity contribution in [1.82, 2.24) is 10.5 Å². The van der Waals surface area contributed by atoms with Crippen molar-refractivity contribution in [1.29, 1.82) is 0 Å². The smallest absolute Gasteiger partial charge is 0.227 e. The molecule has 3 aromatic rings. The summed E-state index contributed by atoms with van der Waals surface area (Å²) in [6.07, 6.45) is 0.169. The fraction of sp³-hybridized carbons (Fsp3) is 0.227. The minimum Gasteiger partial charge on any atom is -0.497 e. The summed E-state index contributed by atoms with van der Waals surface area (Å²) in [5.74, 6) is 0.612. The highest BCUT2D eigenvalue weighted by atomic mass is 35.5. The molecule has 0 aliphatic carbocycles. The summed E-state index contributed by atoms with van der Waals surface area (Å²) in [5.41, 5.74) is 2.17. The number of nitrogens with zero attached hydrogens (tertiary/aromatic N) is 2. The highest BCUT2D eigenvalue weighted by Crippen LogP contribution is 2.27. The molecule has 1 unspecified atom stereocenters. The minimum atomic E-state index is -0.419. The number of carbonyl (C=O) groups is 2. The predicted octanol–water partition coefficient (Wildman–Crippen LogP) is 3.67. The first-order valence-electron chi connectivity index (χ1n) is 9.47. The Kier molecular flexibility index (Phi) is 5.72. The molecule has 1 fully saturated rings. The third-order valence-corrected chi connectivity index (χ3v) is 5.24. The monoisotopic (exact) mass is 425 g/mol. The molecule has 2 amide bonds. The molecule has 1 N–H and O–H groups in total. The molecule has 30 heavy (non-hydrogen) atoms. The fourth-order valence-electron chi connectivity index (χ4n) is 3.38. The molecule has 1 atom stereocenters. The molecule has 1 aliphatic rings. The van der Waals surface area contributed by atoms with Crippen molar-refractivity contribution < 1.29 is 18.8 Å². The Bertz CT molecular complexity index is 1060. The van der Waals surface area contributed by atoms with Gasteiger partial charge < -0.3 is 19.5 Å². The third kappa shape index (κ3) is 4.31. The maximum absolute atomic E-state index is 12.6. The molecule has 4 rings (SSSR count). The maximum Gasteiger partial charge on any atom is 0.227 e. The van der Waals surface area contributed by atoms with Gasteiger partial charge in [-0.25, -0.2) is 0 Å². The Morgan fingerprint density at radius 3 is 2.83 bits per heavy atom. The van der Waals surface area contributed by atoms with Crippen LogP contribution >= 0.6 is 11.6 Å². The Morgan fingerprint density at radius 2 is 2.07 bits per heavy atom. The van der Waals surface area contributed by atoms with Crippen molar-refractivity contribution in [2.24, 2.45) is 5.92 Å². The molecule has 0 radical (unpaired) electrons. The number of halogens is 1. The summed E-state index contributed by atoms with van der Waals surface area (Å²) in [6, 6.07) is 16.2. The molecule has 154 valence electrons. The van der Waals surface area contributed by atoms with E-state index < -0.39 is 5.92 Å². The second-order valence-electron chi connectivity index (χ2n) is 7.01. The SMILES string of the molecule is COc1cccc(-c2cc(CNC(=O)C3CC(=O)N(c4ccc(Cl)cc4)C3)no2)c1. The van der Waals surface area contributed by atoms with Crippen LogP contribution in [0.5, 0.6) is 5.75 Å². The Balaban J connectivity index is 1.35. The van der Waals surface area contributed by atoms with Gasteiger partial charge in [-0.05, 0) is 36.4 Å². The zero-order chi connectivity index (χ0) is 21.1. The molecule has 2 aromatic carbocycles. The summed E-state index contributed by atoms with van der Waals surface area (Å²) in [4.78, 5) is 26.5. The first-order valence-corrected chi connectivity index (χ1v) is 9.85. The van der Waals surface area contributed by atoms with E-state index in [-0.39, 0.29) is 24.8 Å². The molecular formula is C22H20ClN3O4. The van der Waals surface area contributed by atoms with Gasteiger partial charge in [-0.15, -0.1) is 0 Å². The van der Waals surface area contributed by atoms with Gasteiger partial charge in [0.25, 0.3) is 0 Å². The topological polar surface area (TPSA) is 84.7 Å². The first kappa shape index (κ1) is 20.0. The number of methoxy groups -OCH3 is 1. The highest BCUT2D eigenvalue weighted by molar-refractivity contribution is 6.30. The fourth-order valence-corrected chi connectivity index (χ4v) is 3.51. The standard InChI is InChI=1S/C22H20ClN3O4/c1-29-19-4-2-3-14(9-19)20-11-17(25-30-20)12-24-22(28)15-10-21(27)26(13-15)18-7-5-16(23)6-8-18/h2-9,11,15H,10,12-13H2,1H3,(H,24,28). The van der Waals surface area contributed by atoms with Crippen LogP contribution in [0, 0.1) is 5.92 Å². The number of anilines is 1. The lowest BCUT2D eigenvalue weighted by molar-refractivity contribution is -0.126. The average molecular weight is 426 g/mol. The van der Waals surface area contributed by atoms with E-state index in [4.69, 9.17) is 20.9 Å². The molecule has 0 saturated carbocycles. The second-order valence-corrected chi connectivity index (χ2v) is 7.45. The maximum atomic E-state index is 12.6. The number of carbonyl (C=O) groups excluding carboxylic acids is 2. The first-order chi connectivity index (χ1) is 14.5. The number of aromatic nitrogens is 1. The number of hydrogen-bond acceptors (Lipinski definition) is 5. The number of rotatable bonds is 6. The van der Waals surface area contributed by atoms with Crippen LogP contribution in [0.3, 0.4) is 0 Å². The van der Waals surface area contributed by atoms with Crippen LogP contribution in [0.2, 0.25) is 5.02 Å². The van der Waals surface area contributed by atoms with Crippen molar-refractivity contribution in [3.63, 3.8) is 0 Å². The van der Waals surface area contributed by atoms with Crippen LogP contribution in [0.15, 0.2) is 59.1 Å². The van der Waals surface area contributed by atoms with Crippen LogP contribution in [-0.2, 0) is 16.1 Å². The molecule has 1 saturated heterocycles. The van der Waals surface area contributed by atoms with E-state index in [0.29, 0.717) is 23.0 Å². The molecule has 1 aliphatic heterocycles. The molecule has 0 spiro atoms. The predicted molar refractivity (Wildman–Crippen MR) is 112 cm³/mol. The lowest BCUT2D eigenvalue weighted by atomic mass is 10.1. The lowest BCUT2D eigenvalue weighted by Gasteiger charge is -2.16. The van der Waals surface area contributed by atoms with E-state index in [1.165, 1.54) is 0 Å². The molecule has 0 bridgehead atoms. The molecule has 1 aromatic heterocycles. The molecule has 2 heterocycles. The van der Waals surface area contributed by atoms with Gasteiger partial charge in [0.15, 0.2) is 5.76 Å². The van der Waals surface area contributed by atoms with E-state index in [0.717, 1.165) is 17.0 Å².